The quantitative estimate of drug-likeness (QED) is 0.462. The van der Waals surface area contributed by atoms with Gasteiger partial charge in [0.2, 0.25) is 0 Å². The van der Waals surface area contributed by atoms with Gasteiger partial charge in [-0.1, -0.05) is 50.0 Å². The summed E-state index contributed by atoms with van der Waals surface area (Å²) >= 11 is 0. The predicted octanol–water partition coefficient (Wildman–Crippen LogP) is 8.09. The van der Waals surface area contributed by atoms with Crippen LogP contribution in [0.3, 0.4) is 0 Å². The fourth-order valence-electron chi connectivity index (χ4n) is 8.78. The molecule has 8 atom stereocenters. The largest absolute Gasteiger partial charge is 0.393 e. The highest BCUT2D eigenvalue weighted by molar-refractivity contribution is 5.34. The Morgan fingerprint density at radius 2 is 1.77 bits per heavy atom. The van der Waals surface area contributed by atoms with E-state index in [-0.39, 0.29) is 6.10 Å². The molecule has 0 aromatic heterocycles. The third-order valence-electron chi connectivity index (χ3n) is 11.1. The first-order chi connectivity index (χ1) is 14.1. The van der Waals surface area contributed by atoms with Crippen molar-refractivity contribution in [2.45, 2.75) is 119 Å². The van der Waals surface area contributed by atoms with Gasteiger partial charge in [0, 0.05) is 0 Å². The van der Waals surface area contributed by atoms with E-state index < -0.39 is 0 Å². The molecule has 2 saturated carbocycles. The number of aliphatic hydroxyl groups excluding tert-OH is 1. The third kappa shape index (κ3) is 3.46. The van der Waals surface area contributed by atoms with Gasteiger partial charge < -0.3 is 5.11 Å². The molecule has 30 heavy (non-hydrogen) atoms. The monoisotopic (exact) mass is 412 g/mol. The van der Waals surface area contributed by atoms with E-state index >= 15 is 0 Å². The highest BCUT2D eigenvalue weighted by atomic mass is 16.3. The lowest BCUT2D eigenvalue weighted by Gasteiger charge is -2.56. The summed E-state index contributed by atoms with van der Waals surface area (Å²) in [5, 5.41) is 10.5. The molecule has 0 aromatic carbocycles. The minimum absolute atomic E-state index is 0.0694. The maximum atomic E-state index is 10.5. The smallest absolute Gasteiger partial charge is 0.0569 e. The van der Waals surface area contributed by atoms with Crippen molar-refractivity contribution in [3.63, 3.8) is 0 Å². The molecule has 170 valence electrons. The van der Waals surface area contributed by atoms with Crippen LogP contribution >= 0.6 is 0 Å². The van der Waals surface area contributed by atoms with Crippen LogP contribution in [0, 0.1) is 40.4 Å². The minimum atomic E-state index is -0.0694. The van der Waals surface area contributed by atoms with Crippen molar-refractivity contribution in [3.8, 4) is 0 Å². The number of fused-ring (bicyclic) bond motifs is 4. The molecule has 0 radical (unpaired) electrons. The van der Waals surface area contributed by atoms with Crippen LogP contribution in [0.25, 0.3) is 0 Å². The second-order valence-electron chi connectivity index (χ2n) is 12.6. The Bertz CT molecular complexity index is 725. The SMILES string of the molecule is CC(C)=C(C)CC[C@@H](C)[C@H]1CC[C@H]2C3=C(CC[C@]12C)[C@@]1(C)CCC(O)C(C)C1CC3. The van der Waals surface area contributed by atoms with Crippen LogP contribution in [0.5, 0.6) is 0 Å². The summed E-state index contributed by atoms with van der Waals surface area (Å²) in [5.41, 5.74) is 7.80. The molecule has 0 aromatic rings. The second kappa shape index (κ2) is 8.09. The maximum absolute atomic E-state index is 10.5. The van der Waals surface area contributed by atoms with Gasteiger partial charge in [0.05, 0.1) is 6.10 Å². The molecule has 3 unspecified atom stereocenters. The topological polar surface area (TPSA) is 20.2 Å². The highest BCUT2D eigenvalue weighted by Crippen LogP contribution is 2.66. The lowest BCUT2D eigenvalue weighted by molar-refractivity contribution is -0.0336. The van der Waals surface area contributed by atoms with E-state index in [1.165, 1.54) is 63.4 Å². The van der Waals surface area contributed by atoms with Crippen LogP contribution in [0.1, 0.15) is 113 Å². The normalized spacial score (nSPS) is 44.2. The average molecular weight is 413 g/mol. The molecule has 4 rings (SSSR count). The van der Waals surface area contributed by atoms with Crippen molar-refractivity contribution < 1.29 is 5.11 Å². The maximum Gasteiger partial charge on any atom is 0.0569 e. The Labute approximate surface area is 186 Å². The molecule has 0 aliphatic heterocycles. The molecule has 1 N–H and O–H groups in total. The van der Waals surface area contributed by atoms with E-state index in [1.54, 1.807) is 5.57 Å². The van der Waals surface area contributed by atoms with Gasteiger partial charge in [-0.05, 0) is 125 Å². The Balaban J connectivity index is 1.56. The van der Waals surface area contributed by atoms with E-state index in [0.29, 0.717) is 22.7 Å². The van der Waals surface area contributed by atoms with Gasteiger partial charge in [-0.3, -0.25) is 0 Å². The zero-order valence-electron chi connectivity index (χ0n) is 21.0. The van der Waals surface area contributed by atoms with Gasteiger partial charge in [-0.15, -0.1) is 0 Å². The predicted molar refractivity (Wildman–Crippen MR) is 128 cm³/mol. The molecule has 0 spiro atoms. The summed E-state index contributed by atoms with van der Waals surface area (Å²) in [6, 6.07) is 0. The number of aliphatic hydroxyl groups is 1. The second-order valence-corrected chi connectivity index (χ2v) is 12.6. The first-order valence-electron chi connectivity index (χ1n) is 13.1. The van der Waals surface area contributed by atoms with Crippen molar-refractivity contribution >= 4 is 0 Å². The summed E-state index contributed by atoms with van der Waals surface area (Å²) in [7, 11) is 0. The molecule has 0 saturated heterocycles. The molecule has 2 fully saturated rings. The summed E-state index contributed by atoms with van der Waals surface area (Å²) in [4.78, 5) is 0. The number of hydrogen-bond acceptors (Lipinski definition) is 1. The van der Waals surface area contributed by atoms with Crippen molar-refractivity contribution in [1.82, 2.24) is 0 Å². The zero-order chi connectivity index (χ0) is 21.8. The molecular formula is C29H48O. The lowest BCUT2D eigenvalue weighted by atomic mass is 9.49. The lowest BCUT2D eigenvalue weighted by Crippen LogP contribution is -2.49. The summed E-state index contributed by atoms with van der Waals surface area (Å²) in [5.74, 6) is 3.76. The Morgan fingerprint density at radius 1 is 1.03 bits per heavy atom. The highest BCUT2D eigenvalue weighted by Gasteiger charge is 2.56. The molecule has 0 amide bonds. The van der Waals surface area contributed by atoms with Crippen LogP contribution < -0.4 is 0 Å². The first kappa shape index (κ1) is 22.6. The van der Waals surface area contributed by atoms with E-state index in [9.17, 15) is 5.11 Å². The van der Waals surface area contributed by atoms with Crippen molar-refractivity contribution in [2.24, 2.45) is 40.4 Å². The molecule has 4 aliphatic rings. The van der Waals surface area contributed by atoms with Crippen LogP contribution in [0.2, 0.25) is 0 Å². The number of allylic oxidation sites excluding steroid dienone is 4. The van der Waals surface area contributed by atoms with E-state index in [1.807, 2.05) is 11.1 Å². The van der Waals surface area contributed by atoms with Gasteiger partial charge in [-0.25, -0.2) is 0 Å². The summed E-state index contributed by atoms with van der Waals surface area (Å²) < 4.78 is 0. The van der Waals surface area contributed by atoms with Gasteiger partial charge in [0.1, 0.15) is 0 Å². The summed E-state index contributed by atoms with van der Waals surface area (Å²) in [6.07, 6.45) is 13.1. The van der Waals surface area contributed by atoms with Crippen molar-refractivity contribution in [2.75, 3.05) is 0 Å². The van der Waals surface area contributed by atoms with Crippen LogP contribution in [0.4, 0.5) is 0 Å². The molecule has 0 heterocycles. The fraction of sp³-hybridized carbons (Fsp3) is 0.862. The van der Waals surface area contributed by atoms with E-state index in [0.717, 1.165) is 24.2 Å². The fourth-order valence-corrected chi connectivity index (χ4v) is 8.78. The van der Waals surface area contributed by atoms with Crippen molar-refractivity contribution in [1.29, 1.82) is 0 Å². The standard InChI is InChI=1S/C29H48O/c1-18(2)19(3)8-9-20(4)23-12-13-25-22-10-11-24-21(5)27(30)15-17-29(24,7)26(22)14-16-28(23,25)6/h20-21,23-25,27,30H,8-17H2,1-7H3/t20-,21?,23-,24?,25+,27?,28-,29+/m1/s1. The first-order valence-corrected chi connectivity index (χ1v) is 13.1. The van der Waals surface area contributed by atoms with E-state index in [4.69, 9.17) is 0 Å². The summed E-state index contributed by atoms with van der Waals surface area (Å²) in [6.45, 7) is 17.0. The molecule has 0 bridgehead atoms. The number of rotatable bonds is 4. The molecule has 1 heteroatoms. The van der Waals surface area contributed by atoms with E-state index in [2.05, 4.69) is 48.5 Å². The van der Waals surface area contributed by atoms with Crippen LogP contribution in [-0.2, 0) is 0 Å². The number of hydrogen-bond donors (Lipinski definition) is 1. The van der Waals surface area contributed by atoms with Gasteiger partial charge in [0.15, 0.2) is 0 Å². The Hall–Kier alpha value is -0.560. The van der Waals surface area contributed by atoms with Crippen LogP contribution in [-0.4, -0.2) is 11.2 Å². The average Bonchev–Trinajstić information content (AvgIpc) is 3.06. The Kier molecular flexibility index (Phi) is 6.10. The van der Waals surface area contributed by atoms with Gasteiger partial charge >= 0.3 is 0 Å². The van der Waals surface area contributed by atoms with Gasteiger partial charge in [0.25, 0.3) is 0 Å². The molecular weight excluding hydrogens is 364 g/mol. The zero-order valence-corrected chi connectivity index (χ0v) is 21.0. The van der Waals surface area contributed by atoms with Crippen LogP contribution in [0.15, 0.2) is 22.3 Å². The molecule has 4 aliphatic carbocycles. The Morgan fingerprint density at radius 3 is 2.47 bits per heavy atom. The van der Waals surface area contributed by atoms with Crippen molar-refractivity contribution in [3.05, 3.63) is 22.3 Å². The third-order valence-corrected chi connectivity index (χ3v) is 11.1. The van der Waals surface area contributed by atoms with Gasteiger partial charge in [-0.2, -0.15) is 0 Å². The molecule has 1 nitrogen and oxygen atoms in total. The minimum Gasteiger partial charge on any atom is -0.393 e.